The van der Waals surface area contributed by atoms with Gasteiger partial charge in [0.25, 0.3) is 0 Å². The molecule has 1 atom stereocenters. The molecule has 0 aromatic heterocycles. The van der Waals surface area contributed by atoms with Crippen molar-refractivity contribution in [2.24, 2.45) is 5.92 Å². The molecule has 1 aromatic carbocycles. The average Bonchev–Trinajstić information content (AvgIpc) is 2.77. The van der Waals surface area contributed by atoms with Gasteiger partial charge in [0.1, 0.15) is 0 Å². The number of methoxy groups -OCH3 is 1. The second-order valence-corrected chi connectivity index (χ2v) is 5.38. The Morgan fingerprint density at radius 2 is 2.39 bits per heavy atom. The van der Waals surface area contributed by atoms with Gasteiger partial charge in [0.15, 0.2) is 0 Å². The Labute approximate surface area is 115 Å². The minimum atomic E-state index is -0.910. The number of halogens is 1. The predicted octanol–water partition coefficient (Wildman–Crippen LogP) is 2.62. The number of rotatable bonds is 4. The number of aromatic carboxylic acids is 1. The second-order valence-electron chi connectivity index (χ2n) is 4.53. The molecule has 2 rings (SSSR count). The standard InChI is InChI=1S/C13H16BrNO3/c1-18-8-9-4-5-15(7-9)10-2-3-11(13(16)17)12(14)6-10/h2-3,6,9H,4-5,7-8H2,1H3,(H,16,17). The highest BCUT2D eigenvalue weighted by Crippen LogP contribution is 2.28. The van der Waals surface area contributed by atoms with Crippen molar-refractivity contribution in [1.29, 1.82) is 0 Å². The van der Waals surface area contributed by atoms with Gasteiger partial charge in [-0.3, -0.25) is 0 Å². The van der Waals surface area contributed by atoms with Crippen LogP contribution in [0.25, 0.3) is 0 Å². The zero-order chi connectivity index (χ0) is 13.1. The number of hydrogen-bond donors (Lipinski definition) is 1. The fraction of sp³-hybridized carbons (Fsp3) is 0.462. The van der Waals surface area contributed by atoms with E-state index in [1.54, 1.807) is 13.2 Å². The molecular weight excluding hydrogens is 298 g/mol. The Bertz CT molecular complexity index is 450. The van der Waals surface area contributed by atoms with Crippen LogP contribution in [-0.4, -0.2) is 37.9 Å². The van der Waals surface area contributed by atoms with Gasteiger partial charge in [0, 0.05) is 36.3 Å². The highest BCUT2D eigenvalue weighted by Gasteiger charge is 2.23. The lowest BCUT2D eigenvalue weighted by molar-refractivity contribution is 0.0696. The molecule has 1 fully saturated rings. The maximum Gasteiger partial charge on any atom is 0.336 e. The maximum absolute atomic E-state index is 10.9. The first-order valence-electron chi connectivity index (χ1n) is 5.88. The van der Waals surface area contributed by atoms with Crippen LogP contribution >= 0.6 is 15.9 Å². The molecule has 98 valence electrons. The summed E-state index contributed by atoms with van der Waals surface area (Å²) in [5.74, 6) is -0.347. The minimum absolute atomic E-state index is 0.298. The molecule has 0 bridgehead atoms. The highest BCUT2D eigenvalue weighted by atomic mass is 79.9. The molecule has 1 aliphatic heterocycles. The van der Waals surface area contributed by atoms with E-state index < -0.39 is 5.97 Å². The smallest absolute Gasteiger partial charge is 0.336 e. The van der Waals surface area contributed by atoms with Crippen LogP contribution in [0.4, 0.5) is 5.69 Å². The van der Waals surface area contributed by atoms with Gasteiger partial charge < -0.3 is 14.7 Å². The first-order valence-corrected chi connectivity index (χ1v) is 6.68. The van der Waals surface area contributed by atoms with E-state index in [1.807, 2.05) is 12.1 Å². The van der Waals surface area contributed by atoms with Gasteiger partial charge >= 0.3 is 5.97 Å². The molecule has 1 aromatic rings. The quantitative estimate of drug-likeness (QED) is 0.928. The lowest BCUT2D eigenvalue weighted by Gasteiger charge is -2.19. The van der Waals surface area contributed by atoms with Crippen LogP contribution in [0.1, 0.15) is 16.8 Å². The van der Waals surface area contributed by atoms with Gasteiger partial charge in [-0.15, -0.1) is 0 Å². The number of carbonyl (C=O) groups is 1. The van der Waals surface area contributed by atoms with Crippen molar-refractivity contribution in [3.8, 4) is 0 Å². The fourth-order valence-corrected chi connectivity index (χ4v) is 2.85. The van der Waals surface area contributed by atoms with Crippen molar-refractivity contribution in [2.45, 2.75) is 6.42 Å². The first-order chi connectivity index (χ1) is 8.61. The van der Waals surface area contributed by atoms with Crippen molar-refractivity contribution in [1.82, 2.24) is 0 Å². The summed E-state index contributed by atoms with van der Waals surface area (Å²) < 4.78 is 5.80. The Kier molecular flexibility index (Phi) is 4.24. The number of anilines is 1. The summed E-state index contributed by atoms with van der Waals surface area (Å²) >= 11 is 3.31. The molecule has 5 heteroatoms. The summed E-state index contributed by atoms with van der Waals surface area (Å²) in [7, 11) is 1.72. The number of benzene rings is 1. The maximum atomic E-state index is 10.9. The zero-order valence-corrected chi connectivity index (χ0v) is 11.8. The summed E-state index contributed by atoms with van der Waals surface area (Å²) in [6.45, 7) is 2.74. The van der Waals surface area contributed by atoms with Crippen molar-refractivity contribution < 1.29 is 14.6 Å². The van der Waals surface area contributed by atoms with Crippen LogP contribution in [0, 0.1) is 5.92 Å². The van der Waals surface area contributed by atoms with Crippen molar-refractivity contribution >= 4 is 27.6 Å². The highest BCUT2D eigenvalue weighted by molar-refractivity contribution is 9.10. The van der Waals surface area contributed by atoms with E-state index in [0.717, 1.165) is 31.8 Å². The fourth-order valence-electron chi connectivity index (χ4n) is 2.31. The van der Waals surface area contributed by atoms with Crippen molar-refractivity contribution in [2.75, 3.05) is 31.7 Å². The summed E-state index contributed by atoms with van der Waals surface area (Å²) in [6, 6.07) is 5.38. The SMILES string of the molecule is COCC1CCN(c2ccc(C(=O)O)c(Br)c2)C1. The third-order valence-electron chi connectivity index (χ3n) is 3.24. The van der Waals surface area contributed by atoms with Crippen LogP contribution in [0.15, 0.2) is 22.7 Å². The molecule has 0 spiro atoms. The van der Waals surface area contributed by atoms with Gasteiger partial charge in [-0.1, -0.05) is 0 Å². The van der Waals surface area contributed by atoms with Crippen LogP contribution in [-0.2, 0) is 4.74 Å². The second kappa shape index (κ2) is 5.71. The lowest BCUT2D eigenvalue weighted by atomic mass is 10.1. The third-order valence-corrected chi connectivity index (χ3v) is 3.89. The van der Waals surface area contributed by atoms with E-state index >= 15 is 0 Å². The first kappa shape index (κ1) is 13.4. The molecule has 1 saturated heterocycles. The molecule has 0 aliphatic carbocycles. The normalized spacial score (nSPS) is 19.2. The summed E-state index contributed by atoms with van der Waals surface area (Å²) in [5.41, 5.74) is 1.36. The van der Waals surface area contributed by atoms with Gasteiger partial charge in [0.05, 0.1) is 12.2 Å². The molecule has 0 radical (unpaired) electrons. The number of hydrogen-bond acceptors (Lipinski definition) is 3. The summed E-state index contributed by atoms with van der Waals surface area (Å²) in [5, 5.41) is 8.97. The topological polar surface area (TPSA) is 49.8 Å². The van der Waals surface area contributed by atoms with E-state index in [0.29, 0.717) is 16.0 Å². The Hall–Kier alpha value is -1.07. The van der Waals surface area contributed by atoms with E-state index in [4.69, 9.17) is 9.84 Å². The molecule has 0 saturated carbocycles. The van der Waals surface area contributed by atoms with Crippen LogP contribution < -0.4 is 4.90 Å². The monoisotopic (exact) mass is 313 g/mol. The largest absolute Gasteiger partial charge is 0.478 e. The van der Waals surface area contributed by atoms with Gasteiger partial charge in [0.2, 0.25) is 0 Å². The predicted molar refractivity (Wildman–Crippen MR) is 73.3 cm³/mol. The molecule has 18 heavy (non-hydrogen) atoms. The number of nitrogens with zero attached hydrogens (tertiary/aromatic N) is 1. The molecule has 1 unspecified atom stereocenters. The number of carboxylic acid groups (broad SMARTS) is 1. The average molecular weight is 314 g/mol. The molecule has 4 nitrogen and oxygen atoms in total. The number of ether oxygens (including phenoxy) is 1. The van der Waals surface area contributed by atoms with E-state index in [9.17, 15) is 4.79 Å². The zero-order valence-electron chi connectivity index (χ0n) is 10.2. The molecule has 1 aliphatic rings. The van der Waals surface area contributed by atoms with Crippen molar-refractivity contribution in [3.63, 3.8) is 0 Å². The minimum Gasteiger partial charge on any atom is -0.478 e. The lowest BCUT2D eigenvalue weighted by Crippen LogP contribution is -2.21. The molecule has 1 N–H and O–H groups in total. The molecular formula is C13H16BrNO3. The van der Waals surface area contributed by atoms with Crippen LogP contribution in [0.2, 0.25) is 0 Å². The van der Waals surface area contributed by atoms with Gasteiger partial charge in [-0.25, -0.2) is 4.79 Å². The number of carboxylic acids is 1. The molecule has 0 amide bonds. The summed E-state index contributed by atoms with van der Waals surface area (Å²) in [4.78, 5) is 13.2. The van der Waals surface area contributed by atoms with Crippen molar-refractivity contribution in [3.05, 3.63) is 28.2 Å². The van der Waals surface area contributed by atoms with E-state index in [1.165, 1.54) is 0 Å². The third kappa shape index (κ3) is 2.84. The van der Waals surface area contributed by atoms with Gasteiger partial charge in [-0.05, 0) is 40.5 Å². The molecule has 1 heterocycles. The van der Waals surface area contributed by atoms with Gasteiger partial charge in [-0.2, -0.15) is 0 Å². The Balaban J connectivity index is 2.11. The van der Waals surface area contributed by atoms with Crippen LogP contribution in [0.5, 0.6) is 0 Å². The van der Waals surface area contributed by atoms with E-state index in [-0.39, 0.29) is 0 Å². The summed E-state index contributed by atoms with van der Waals surface area (Å²) in [6.07, 6.45) is 1.12. The van der Waals surface area contributed by atoms with Crippen LogP contribution in [0.3, 0.4) is 0 Å². The Morgan fingerprint density at radius 3 is 3.00 bits per heavy atom. The van der Waals surface area contributed by atoms with E-state index in [2.05, 4.69) is 20.8 Å². The Morgan fingerprint density at radius 1 is 1.61 bits per heavy atom.